The maximum absolute atomic E-state index is 12.1. The zero-order chi connectivity index (χ0) is 10.8. The molecule has 1 atom stereocenters. The molecule has 0 aromatic carbocycles. The summed E-state index contributed by atoms with van der Waals surface area (Å²) < 4.78 is 48.3. The molecule has 0 N–H and O–H groups in total. The van der Waals surface area contributed by atoms with E-state index in [1.165, 1.54) is 6.66 Å². The number of halogens is 3. The Labute approximate surface area is 82.4 Å². The quantitative estimate of drug-likeness (QED) is 0.655. The highest BCUT2D eigenvalue weighted by Crippen LogP contribution is 2.55. The van der Waals surface area contributed by atoms with Crippen LogP contribution in [-0.2, 0) is 4.57 Å². The van der Waals surface area contributed by atoms with Crippen molar-refractivity contribution in [2.24, 2.45) is 0 Å². The lowest BCUT2D eigenvalue weighted by Crippen LogP contribution is -2.22. The fourth-order valence-corrected chi connectivity index (χ4v) is 4.54. The fraction of sp³-hybridized carbons (Fsp3) is 1.00. The average Bonchev–Trinajstić information content (AvgIpc) is 2.01. The smallest absolute Gasteiger partial charge is 0.323 e. The van der Waals surface area contributed by atoms with Crippen molar-refractivity contribution in [3.8, 4) is 0 Å². The van der Waals surface area contributed by atoms with Crippen molar-refractivity contribution in [3.05, 3.63) is 0 Å². The van der Waals surface area contributed by atoms with Gasteiger partial charge in [0, 0.05) is 5.66 Å². The Bertz CT molecular complexity index is 231. The Morgan fingerprint density at radius 2 is 1.71 bits per heavy atom. The van der Waals surface area contributed by atoms with E-state index < -0.39 is 19.5 Å². The van der Waals surface area contributed by atoms with E-state index in [0.717, 1.165) is 19.3 Å². The van der Waals surface area contributed by atoms with Gasteiger partial charge in [0.1, 0.15) is 0 Å². The van der Waals surface area contributed by atoms with Crippen LogP contribution in [0.15, 0.2) is 0 Å². The molecule has 1 nitrogen and oxygen atoms in total. The van der Waals surface area contributed by atoms with Crippen molar-refractivity contribution < 1.29 is 17.7 Å². The molecule has 0 amide bonds. The van der Waals surface area contributed by atoms with Gasteiger partial charge in [-0.25, -0.2) is 0 Å². The van der Waals surface area contributed by atoms with E-state index in [1.54, 1.807) is 0 Å². The monoisotopic (exact) mass is 228 g/mol. The maximum Gasteiger partial charge on any atom is 0.395 e. The van der Waals surface area contributed by atoms with Crippen molar-refractivity contribution in [3.63, 3.8) is 0 Å². The second-order valence-corrected chi connectivity index (χ2v) is 7.63. The van der Waals surface area contributed by atoms with Gasteiger partial charge in [-0.2, -0.15) is 13.2 Å². The molecule has 84 valence electrons. The summed E-state index contributed by atoms with van der Waals surface area (Å²) in [5.41, 5.74) is -0.183. The molecule has 0 aromatic heterocycles. The van der Waals surface area contributed by atoms with E-state index in [-0.39, 0.29) is 5.66 Å². The minimum Gasteiger partial charge on any atom is -0.323 e. The summed E-state index contributed by atoms with van der Waals surface area (Å²) in [7, 11) is -3.01. The van der Waals surface area contributed by atoms with E-state index >= 15 is 0 Å². The van der Waals surface area contributed by atoms with Gasteiger partial charge >= 0.3 is 6.18 Å². The zero-order valence-corrected chi connectivity index (χ0v) is 9.20. The van der Waals surface area contributed by atoms with Crippen molar-refractivity contribution in [2.75, 3.05) is 12.8 Å². The van der Waals surface area contributed by atoms with Gasteiger partial charge in [0.15, 0.2) is 0 Å². The van der Waals surface area contributed by atoms with Crippen LogP contribution in [0.1, 0.15) is 32.1 Å². The molecule has 0 heterocycles. The molecule has 1 aliphatic rings. The summed E-state index contributed by atoms with van der Waals surface area (Å²) in [6, 6.07) is 0. The molecule has 0 aromatic rings. The van der Waals surface area contributed by atoms with E-state index in [1.807, 2.05) is 0 Å². The van der Waals surface area contributed by atoms with Gasteiger partial charge in [-0.3, -0.25) is 0 Å². The van der Waals surface area contributed by atoms with Crippen molar-refractivity contribution in [2.45, 2.75) is 43.9 Å². The number of alkyl halides is 3. The summed E-state index contributed by atoms with van der Waals surface area (Å²) >= 11 is 0. The second kappa shape index (κ2) is 4.26. The summed E-state index contributed by atoms with van der Waals surface area (Å²) in [6.45, 7) is 1.32. The van der Waals surface area contributed by atoms with Crippen LogP contribution < -0.4 is 0 Å². The minimum absolute atomic E-state index is 0.183. The molecule has 0 bridgehead atoms. The molecule has 0 radical (unpaired) electrons. The summed E-state index contributed by atoms with van der Waals surface area (Å²) in [6.07, 6.45) is -0.997. The Hall–Kier alpha value is 0.0200. The van der Waals surface area contributed by atoms with Crippen LogP contribution in [0.2, 0.25) is 0 Å². The van der Waals surface area contributed by atoms with Gasteiger partial charge in [0.05, 0.1) is 13.3 Å². The van der Waals surface area contributed by atoms with Crippen LogP contribution >= 0.6 is 7.14 Å². The topological polar surface area (TPSA) is 17.1 Å². The van der Waals surface area contributed by atoms with E-state index in [0.29, 0.717) is 12.8 Å². The third kappa shape index (κ3) is 3.64. The highest BCUT2D eigenvalue weighted by molar-refractivity contribution is 7.63. The fourth-order valence-electron chi connectivity index (χ4n) is 2.11. The van der Waals surface area contributed by atoms with E-state index in [4.69, 9.17) is 0 Å². The molecule has 0 aliphatic heterocycles. The van der Waals surface area contributed by atoms with Gasteiger partial charge in [-0.05, 0) is 19.5 Å². The zero-order valence-electron chi connectivity index (χ0n) is 8.31. The number of rotatable bonds is 2. The third-order valence-electron chi connectivity index (χ3n) is 2.84. The molecule has 1 unspecified atom stereocenters. The van der Waals surface area contributed by atoms with Gasteiger partial charge in [0.25, 0.3) is 0 Å². The van der Waals surface area contributed by atoms with E-state index in [9.17, 15) is 17.7 Å². The van der Waals surface area contributed by atoms with E-state index in [2.05, 4.69) is 0 Å². The lowest BCUT2D eigenvalue weighted by atomic mass is 10.0. The first-order valence-corrected chi connectivity index (χ1v) is 7.35. The first-order valence-electron chi connectivity index (χ1n) is 4.94. The lowest BCUT2D eigenvalue weighted by molar-refractivity contribution is -0.107. The molecule has 1 fully saturated rings. The largest absolute Gasteiger partial charge is 0.395 e. The van der Waals surface area contributed by atoms with Gasteiger partial charge < -0.3 is 4.57 Å². The first kappa shape index (κ1) is 12.1. The third-order valence-corrected chi connectivity index (χ3v) is 5.89. The second-order valence-electron chi connectivity index (χ2n) is 4.24. The highest BCUT2D eigenvalue weighted by atomic mass is 31.2. The van der Waals surface area contributed by atoms with Crippen LogP contribution in [0.4, 0.5) is 13.2 Å². The Balaban J connectivity index is 2.59. The van der Waals surface area contributed by atoms with Crippen LogP contribution in [0.5, 0.6) is 0 Å². The molecule has 0 spiro atoms. The summed E-state index contributed by atoms with van der Waals surface area (Å²) in [5.74, 6) is 0. The Morgan fingerprint density at radius 1 is 1.21 bits per heavy atom. The maximum atomic E-state index is 12.1. The average molecular weight is 228 g/mol. The lowest BCUT2D eigenvalue weighted by Gasteiger charge is -2.28. The van der Waals surface area contributed by atoms with Crippen LogP contribution in [0.3, 0.4) is 0 Å². The SMILES string of the molecule is CP(=O)(CC(F)(F)F)C1CCCCC1. The predicted molar refractivity (Wildman–Crippen MR) is 51.3 cm³/mol. The van der Waals surface area contributed by atoms with Crippen LogP contribution in [0.25, 0.3) is 0 Å². The van der Waals surface area contributed by atoms with Crippen LogP contribution in [0, 0.1) is 0 Å². The first-order chi connectivity index (χ1) is 6.31. The standard InChI is InChI=1S/C9H16F3OP/c1-14(13,7-9(10,11)12)8-5-3-2-4-6-8/h8H,2-7H2,1H3. The number of hydrogen-bond donors (Lipinski definition) is 0. The molecule has 14 heavy (non-hydrogen) atoms. The molecule has 1 rings (SSSR count). The Morgan fingerprint density at radius 3 is 2.14 bits per heavy atom. The van der Waals surface area contributed by atoms with Gasteiger partial charge in [-0.15, -0.1) is 0 Å². The number of hydrogen-bond acceptors (Lipinski definition) is 1. The molecule has 1 saturated carbocycles. The molecule has 5 heteroatoms. The summed E-state index contributed by atoms with van der Waals surface area (Å²) in [5, 5.41) is 0. The normalized spacial score (nSPS) is 24.6. The van der Waals surface area contributed by atoms with Crippen molar-refractivity contribution in [1.29, 1.82) is 0 Å². The summed E-state index contributed by atoms with van der Waals surface area (Å²) in [4.78, 5) is 0. The molecular formula is C9H16F3OP. The minimum atomic E-state index is -4.28. The van der Waals surface area contributed by atoms with Crippen molar-refractivity contribution >= 4 is 7.14 Å². The van der Waals surface area contributed by atoms with Gasteiger partial charge in [-0.1, -0.05) is 19.3 Å². The van der Waals surface area contributed by atoms with Crippen LogP contribution in [-0.4, -0.2) is 24.7 Å². The molecular weight excluding hydrogens is 212 g/mol. The predicted octanol–water partition coefficient (Wildman–Crippen LogP) is 3.87. The molecule has 0 saturated heterocycles. The van der Waals surface area contributed by atoms with Gasteiger partial charge in [0.2, 0.25) is 0 Å². The highest BCUT2D eigenvalue weighted by Gasteiger charge is 2.40. The van der Waals surface area contributed by atoms with Crippen molar-refractivity contribution in [1.82, 2.24) is 0 Å². The molecule has 1 aliphatic carbocycles. The Kier molecular flexibility index (Phi) is 3.68.